The fourth-order valence-corrected chi connectivity index (χ4v) is 3.07. The number of carbonyl (C=O) groups is 1. The first-order valence-corrected chi connectivity index (χ1v) is 8.68. The lowest BCUT2D eigenvalue weighted by atomic mass is 10.1. The second-order valence-corrected chi connectivity index (χ2v) is 6.38. The van der Waals surface area contributed by atoms with Gasteiger partial charge in [0.15, 0.2) is 17.5 Å². The molecule has 10 heteroatoms. The number of benzene rings is 1. The highest BCUT2D eigenvalue weighted by Gasteiger charge is 2.21. The van der Waals surface area contributed by atoms with Crippen LogP contribution in [0.1, 0.15) is 15.9 Å². The molecule has 0 radical (unpaired) electrons. The highest BCUT2D eigenvalue weighted by atomic mass is 35.5. The Labute approximate surface area is 167 Å². The lowest BCUT2D eigenvalue weighted by Gasteiger charge is -2.07. The minimum Gasteiger partial charge on any atom is -0.348 e. The molecule has 0 bridgehead atoms. The summed E-state index contributed by atoms with van der Waals surface area (Å²) >= 11 is 6.26. The van der Waals surface area contributed by atoms with Crippen LogP contribution in [0.15, 0.2) is 49.1 Å². The summed E-state index contributed by atoms with van der Waals surface area (Å²) in [5.41, 5.74) is 0.304. The molecule has 6 nitrogen and oxygen atoms in total. The first kappa shape index (κ1) is 18.9. The maximum absolute atomic E-state index is 13.8. The number of nitrogens with zero attached hydrogens (tertiary/aromatic N) is 4. The molecule has 1 N–H and O–H groups in total. The van der Waals surface area contributed by atoms with Crippen molar-refractivity contribution in [1.82, 2.24) is 24.8 Å². The van der Waals surface area contributed by atoms with E-state index in [-0.39, 0.29) is 28.6 Å². The number of aromatic nitrogens is 4. The molecule has 4 aromatic rings. The van der Waals surface area contributed by atoms with Crippen molar-refractivity contribution in [2.75, 3.05) is 0 Å². The van der Waals surface area contributed by atoms with Gasteiger partial charge < -0.3 is 5.32 Å². The van der Waals surface area contributed by atoms with E-state index in [0.29, 0.717) is 11.0 Å². The van der Waals surface area contributed by atoms with Crippen molar-refractivity contribution in [3.63, 3.8) is 0 Å². The van der Waals surface area contributed by atoms with E-state index in [2.05, 4.69) is 20.3 Å². The third-order valence-electron chi connectivity index (χ3n) is 4.20. The van der Waals surface area contributed by atoms with E-state index in [9.17, 15) is 18.0 Å². The van der Waals surface area contributed by atoms with Gasteiger partial charge in [0.25, 0.3) is 5.91 Å². The largest absolute Gasteiger partial charge is 0.348 e. The Bertz CT molecular complexity index is 1230. The van der Waals surface area contributed by atoms with Gasteiger partial charge in [-0.2, -0.15) is 0 Å². The molecular formula is C19H11ClF3N5O. The standard InChI is InChI=1S/C19H11ClF3N5O/c20-12-4-7-24-17-14(12)11(9-28(17)19-25-5-1-6-26-19)18(29)27-8-10-2-3-13(21)16(23)15(10)22/h1-7,9H,8H2,(H,27,29). The van der Waals surface area contributed by atoms with Crippen molar-refractivity contribution in [3.8, 4) is 5.95 Å². The summed E-state index contributed by atoms with van der Waals surface area (Å²) in [7, 11) is 0. The summed E-state index contributed by atoms with van der Waals surface area (Å²) in [6.45, 7) is -0.353. The Morgan fingerprint density at radius 2 is 1.79 bits per heavy atom. The smallest absolute Gasteiger partial charge is 0.253 e. The van der Waals surface area contributed by atoms with Crippen molar-refractivity contribution < 1.29 is 18.0 Å². The maximum atomic E-state index is 13.8. The minimum absolute atomic E-state index is 0.147. The number of halogens is 4. The molecule has 0 unspecified atom stereocenters. The Kier molecular flexibility index (Phi) is 4.89. The molecule has 1 aromatic carbocycles. The molecule has 0 aliphatic carbocycles. The first-order chi connectivity index (χ1) is 14.0. The van der Waals surface area contributed by atoms with Crippen LogP contribution in [0, 0.1) is 17.5 Å². The van der Waals surface area contributed by atoms with Crippen LogP contribution in [-0.2, 0) is 6.54 Å². The Hall–Kier alpha value is -3.46. The van der Waals surface area contributed by atoms with Crippen molar-refractivity contribution in [2.24, 2.45) is 0 Å². The summed E-state index contributed by atoms with van der Waals surface area (Å²) in [6.07, 6.45) is 5.99. The van der Waals surface area contributed by atoms with E-state index in [4.69, 9.17) is 11.6 Å². The summed E-state index contributed by atoms with van der Waals surface area (Å²) in [4.78, 5) is 25.3. The van der Waals surface area contributed by atoms with E-state index in [1.165, 1.54) is 35.4 Å². The molecule has 3 aromatic heterocycles. The van der Waals surface area contributed by atoms with Gasteiger partial charge in [-0.25, -0.2) is 28.1 Å². The predicted molar refractivity (Wildman–Crippen MR) is 99.2 cm³/mol. The maximum Gasteiger partial charge on any atom is 0.253 e. The zero-order chi connectivity index (χ0) is 20.5. The van der Waals surface area contributed by atoms with Gasteiger partial charge in [-0.3, -0.25) is 9.36 Å². The van der Waals surface area contributed by atoms with Crippen LogP contribution in [0.2, 0.25) is 5.02 Å². The molecule has 0 spiro atoms. The van der Waals surface area contributed by atoms with Crippen LogP contribution in [0.5, 0.6) is 0 Å². The molecule has 0 saturated heterocycles. The summed E-state index contributed by atoms with van der Waals surface area (Å²) in [5, 5.41) is 3.10. The van der Waals surface area contributed by atoms with Gasteiger partial charge in [-0.05, 0) is 18.2 Å². The number of carbonyl (C=O) groups excluding carboxylic acids is 1. The Morgan fingerprint density at radius 3 is 2.55 bits per heavy atom. The molecule has 0 aliphatic heterocycles. The number of hydrogen-bond donors (Lipinski definition) is 1. The Balaban J connectivity index is 1.71. The van der Waals surface area contributed by atoms with Crippen molar-refractivity contribution in [3.05, 3.63) is 82.7 Å². The molecular weight excluding hydrogens is 407 g/mol. The lowest BCUT2D eigenvalue weighted by molar-refractivity contribution is 0.0952. The van der Waals surface area contributed by atoms with Gasteiger partial charge in [0.2, 0.25) is 5.95 Å². The molecule has 0 fully saturated rings. The minimum atomic E-state index is -1.60. The van der Waals surface area contributed by atoms with Crippen LogP contribution < -0.4 is 5.32 Å². The van der Waals surface area contributed by atoms with Gasteiger partial charge in [0.05, 0.1) is 16.0 Å². The fraction of sp³-hybridized carbons (Fsp3) is 0.0526. The van der Waals surface area contributed by atoms with Crippen LogP contribution in [0.25, 0.3) is 17.0 Å². The summed E-state index contributed by atoms with van der Waals surface area (Å²) in [6, 6.07) is 5.01. The molecule has 0 saturated carbocycles. The van der Waals surface area contributed by atoms with E-state index in [1.54, 1.807) is 6.07 Å². The van der Waals surface area contributed by atoms with Crippen molar-refractivity contribution >= 4 is 28.5 Å². The first-order valence-electron chi connectivity index (χ1n) is 8.31. The third-order valence-corrected chi connectivity index (χ3v) is 4.52. The fourth-order valence-electron chi connectivity index (χ4n) is 2.83. The molecule has 0 aliphatic rings. The predicted octanol–water partition coefficient (Wildman–Crippen LogP) is 3.82. The zero-order valence-corrected chi connectivity index (χ0v) is 15.3. The highest BCUT2D eigenvalue weighted by molar-refractivity contribution is 6.36. The van der Waals surface area contributed by atoms with E-state index in [1.807, 2.05) is 0 Å². The van der Waals surface area contributed by atoms with Gasteiger partial charge in [0, 0.05) is 36.9 Å². The van der Waals surface area contributed by atoms with E-state index >= 15 is 0 Å². The molecule has 29 heavy (non-hydrogen) atoms. The SMILES string of the molecule is O=C(NCc1ccc(F)c(F)c1F)c1cn(-c2ncccn2)c2nccc(Cl)c12. The van der Waals surface area contributed by atoms with Crippen LogP contribution in [0.4, 0.5) is 13.2 Å². The quantitative estimate of drug-likeness (QED) is 0.512. The lowest BCUT2D eigenvalue weighted by Crippen LogP contribution is -2.23. The molecule has 0 atom stereocenters. The highest BCUT2D eigenvalue weighted by Crippen LogP contribution is 2.28. The topological polar surface area (TPSA) is 72.7 Å². The van der Waals surface area contributed by atoms with Gasteiger partial charge >= 0.3 is 0 Å². The molecule has 3 heterocycles. The third kappa shape index (κ3) is 3.40. The van der Waals surface area contributed by atoms with Crippen molar-refractivity contribution in [1.29, 1.82) is 0 Å². The summed E-state index contributed by atoms with van der Waals surface area (Å²) < 4.78 is 41.8. The normalized spacial score (nSPS) is 11.0. The van der Waals surface area contributed by atoms with Gasteiger partial charge in [-0.1, -0.05) is 17.7 Å². The Morgan fingerprint density at radius 1 is 1.03 bits per heavy atom. The van der Waals surface area contributed by atoms with Crippen LogP contribution in [0.3, 0.4) is 0 Å². The van der Waals surface area contributed by atoms with Crippen LogP contribution in [-0.4, -0.2) is 25.4 Å². The van der Waals surface area contributed by atoms with E-state index < -0.39 is 23.4 Å². The second-order valence-electron chi connectivity index (χ2n) is 5.97. The molecule has 146 valence electrons. The van der Waals surface area contributed by atoms with Crippen LogP contribution >= 0.6 is 11.6 Å². The molecule has 1 amide bonds. The summed E-state index contributed by atoms with van der Waals surface area (Å²) in [5.74, 6) is -4.59. The number of rotatable bonds is 4. The second kappa shape index (κ2) is 7.51. The van der Waals surface area contributed by atoms with Crippen molar-refractivity contribution in [2.45, 2.75) is 6.54 Å². The van der Waals surface area contributed by atoms with E-state index in [0.717, 1.165) is 12.1 Å². The van der Waals surface area contributed by atoms with Gasteiger partial charge in [0.1, 0.15) is 5.65 Å². The monoisotopic (exact) mass is 417 g/mol. The number of hydrogen-bond acceptors (Lipinski definition) is 4. The van der Waals surface area contributed by atoms with Gasteiger partial charge in [-0.15, -0.1) is 0 Å². The number of nitrogens with one attached hydrogen (secondary N) is 1. The average molecular weight is 418 g/mol. The zero-order valence-electron chi connectivity index (χ0n) is 14.5. The number of amides is 1. The average Bonchev–Trinajstić information content (AvgIpc) is 3.13. The molecule has 4 rings (SSSR count). The number of fused-ring (bicyclic) bond motifs is 1. The number of pyridine rings is 1.